The van der Waals surface area contributed by atoms with Gasteiger partial charge in [-0.15, -0.1) is 0 Å². The third-order valence-electron chi connectivity index (χ3n) is 5.30. The Morgan fingerprint density at radius 1 is 0.967 bits per heavy atom. The molecule has 0 aromatic heterocycles. The number of rotatable bonds is 11. The number of benzene rings is 1. The standard InChI is InChI=1S/C23H37N3O4/c1-2-24-23(25-11-3-12-29-22-10-15-28-18-22)26-16-19-4-6-20(7-5-19)17-30-21-8-13-27-14-9-21/h4-7,21-22H,2-3,8-18H2,1H3,(H2,24,25,26). The highest BCUT2D eigenvalue weighted by atomic mass is 16.5. The van der Waals surface area contributed by atoms with Crippen LogP contribution < -0.4 is 10.6 Å². The summed E-state index contributed by atoms with van der Waals surface area (Å²) in [5, 5.41) is 6.68. The fourth-order valence-electron chi connectivity index (χ4n) is 3.48. The first-order valence-electron chi connectivity index (χ1n) is 11.3. The zero-order valence-electron chi connectivity index (χ0n) is 18.2. The second-order valence-corrected chi connectivity index (χ2v) is 7.77. The van der Waals surface area contributed by atoms with Crippen LogP contribution in [0.1, 0.15) is 43.7 Å². The molecule has 0 spiro atoms. The molecule has 2 aliphatic heterocycles. The zero-order valence-corrected chi connectivity index (χ0v) is 18.2. The average molecular weight is 420 g/mol. The highest BCUT2D eigenvalue weighted by molar-refractivity contribution is 5.79. The molecule has 30 heavy (non-hydrogen) atoms. The second kappa shape index (κ2) is 13.6. The summed E-state index contributed by atoms with van der Waals surface area (Å²) in [6.45, 7) is 8.98. The largest absolute Gasteiger partial charge is 0.381 e. The molecule has 0 aliphatic carbocycles. The molecule has 1 atom stereocenters. The van der Waals surface area contributed by atoms with E-state index in [1.807, 2.05) is 0 Å². The van der Waals surface area contributed by atoms with Gasteiger partial charge in [-0.25, -0.2) is 4.99 Å². The molecular weight excluding hydrogens is 382 g/mol. The van der Waals surface area contributed by atoms with Crippen LogP contribution >= 0.6 is 0 Å². The van der Waals surface area contributed by atoms with E-state index in [2.05, 4.69) is 41.8 Å². The molecule has 2 saturated heterocycles. The van der Waals surface area contributed by atoms with Crippen LogP contribution in [0.2, 0.25) is 0 Å². The zero-order chi connectivity index (χ0) is 20.9. The van der Waals surface area contributed by atoms with Crippen molar-refractivity contribution in [2.75, 3.05) is 46.1 Å². The van der Waals surface area contributed by atoms with Crippen molar-refractivity contribution in [3.05, 3.63) is 35.4 Å². The van der Waals surface area contributed by atoms with Gasteiger partial charge >= 0.3 is 0 Å². The molecule has 1 aromatic rings. The molecule has 168 valence electrons. The fraction of sp³-hybridized carbons (Fsp3) is 0.696. The Labute approximate surface area is 180 Å². The van der Waals surface area contributed by atoms with E-state index in [4.69, 9.17) is 23.9 Å². The van der Waals surface area contributed by atoms with E-state index in [0.717, 1.165) is 77.8 Å². The van der Waals surface area contributed by atoms with E-state index in [0.29, 0.717) is 19.3 Å². The van der Waals surface area contributed by atoms with Crippen LogP contribution in [0.5, 0.6) is 0 Å². The van der Waals surface area contributed by atoms with Crippen molar-refractivity contribution < 1.29 is 18.9 Å². The maximum absolute atomic E-state index is 5.99. The number of nitrogens with one attached hydrogen (secondary N) is 2. The lowest BCUT2D eigenvalue weighted by molar-refractivity contribution is -0.0390. The van der Waals surface area contributed by atoms with Gasteiger partial charge in [-0.3, -0.25) is 0 Å². The van der Waals surface area contributed by atoms with Gasteiger partial charge < -0.3 is 29.6 Å². The number of nitrogens with zero attached hydrogens (tertiary/aromatic N) is 1. The van der Waals surface area contributed by atoms with Crippen LogP contribution in [-0.4, -0.2) is 64.3 Å². The van der Waals surface area contributed by atoms with Gasteiger partial charge in [0.05, 0.1) is 32.0 Å². The van der Waals surface area contributed by atoms with E-state index in [9.17, 15) is 0 Å². The highest BCUT2D eigenvalue weighted by Gasteiger charge is 2.15. The molecule has 7 nitrogen and oxygen atoms in total. The van der Waals surface area contributed by atoms with Crippen LogP contribution in [0.4, 0.5) is 0 Å². The van der Waals surface area contributed by atoms with Gasteiger partial charge in [0.15, 0.2) is 5.96 Å². The molecule has 2 aliphatic rings. The summed E-state index contributed by atoms with van der Waals surface area (Å²) in [5.74, 6) is 0.841. The smallest absolute Gasteiger partial charge is 0.191 e. The molecule has 1 unspecified atom stereocenters. The number of aliphatic imine (C=N–C) groups is 1. The van der Waals surface area contributed by atoms with Gasteiger partial charge in [0, 0.05) is 39.5 Å². The van der Waals surface area contributed by atoms with Crippen molar-refractivity contribution >= 4 is 5.96 Å². The lowest BCUT2D eigenvalue weighted by Crippen LogP contribution is -2.38. The molecular formula is C23H37N3O4. The van der Waals surface area contributed by atoms with Crippen LogP contribution in [0.3, 0.4) is 0 Å². The molecule has 3 rings (SSSR count). The Morgan fingerprint density at radius 2 is 1.70 bits per heavy atom. The van der Waals surface area contributed by atoms with E-state index in [1.165, 1.54) is 11.1 Å². The van der Waals surface area contributed by atoms with E-state index < -0.39 is 0 Å². The molecule has 0 saturated carbocycles. The monoisotopic (exact) mass is 419 g/mol. The van der Waals surface area contributed by atoms with Gasteiger partial charge in [0.25, 0.3) is 0 Å². The Hall–Kier alpha value is -1.67. The second-order valence-electron chi connectivity index (χ2n) is 7.77. The minimum atomic E-state index is 0.275. The number of ether oxygens (including phenoxy) is 4. The minimum absolute atomic E-state index is 0.275. The van der Waals surface area contributed by atoms with Gasteiger partial charge in [-0.1, -0.05) is 24.3 Å². The van der Waals surface area contributed by atoms with Crippen LogP contribution in [-0.2, 0) is 32.1 Å². The molecule has 2 N–H and O–H groups in total. The maximum Gasteiger partial charge on any atom is 0.191 e. The van der Waals surface area contributed by atoms with Crippen molar-refractivity contribution in [1.29, 1.82) is 0 Å². The lowest BCUT2D eigenvalue weighted by Gasteiger charge is -2.22. The van der Waals surface area contributed by atoms with E-state index in [-0.39, 0.29) is 6.10 Å². The van der Waals surface area contributed by atoms with Crippen LogP contribution in [0.25, 0.3) is 0 Å². The highest BCUT2D eigenvalue weighted by Crippen LogP contribution is 2.14. The van der Waals surface area contributed by atoms with E-state index in [1.54, 1.807) is 0 Å². The molecule has 0 bridgehead atoms. The summed E-state index contributed by atoms with van der Waals surface area (Å²) in [6, 6.07) is 8.53. The number of hydrogen-bond acceptors (Lipinski definition) is 5. The van der Waals surface area contributed by atoms with Crippen LogP contribution in [0.15, 0.2) is 29.3 Å². The van der Waals surface area contributed by atoms with Gasteiger partial charge in [-0.05, 0) is 43.7 Å². The van der Waals surface area contributed by atoms with Gasteiger partial charge in [0.1, 0.15) is 0 Å². The topological polar surface area (TPSA) is 73.3 Å². The molecule has 0 radical (unpaired) electrons. The normalized spacial score (nSPS) is 20.4. The van der Waals surface area contributed by atoms with Crippen molar-refractivity contribution in [2.45, 2.75) is 58.0 Å². The van der Waals surface area contributed by atoms with Crippen LogP contribution in [0, 0.1) is 0 Å². The SMILES string of the molecule is CCNC(=NCc1ccc(COC2CCOCC2)cc1)NCCCOC1CCOC1. The Bertz CT molecular complexity index is 611. The molecule has 2 fully saturated rings. The minimum Gasteiger partial charge on any atom is -0.381 e. The van der Waals surface area contributed by atoms with Crippen molar-refractivity contribution in [2.24, 2.45) is 4.99 Å². The van der Waals surface area contributed by atoms with Crippen molar-refractivity contribution in [3.63, 3.8) is 0 Å². The predicted molar refractivity (Wildman–Crippen MR) is 118 cm³/mol. The third-order valence-corrected chi connectivity index (χ3v) is 5.30. The average Bonchev–Trinajstić information content (AvgIpc) is 3.31. The summed E-state index contributed by atoms with van der Waals surface area (Å²) in [5.41, 5.74) is 2.39. The first kappa shape index (κ1) is 23.0. The number of hydrogen-bond donors (Lipinski definition) is 2. The molecule has 1 aromatic carbocycles. The summed E-state index contributed by atoms with van der Waals surface area (Å²) >= 11 is 0. The Kier molecular flexibility index (Phi) is 10.4. The summed E-state index contributed by atoms with van der Waals surface area (Å²) < 4.78 is 22.5. The number of guanidine groups is 1. The van der Waals surface area contributed by atoms with Crippen molar-refractivity contribution in [1.82, 2.24) is 10.6 Å². The molecule has 2 heterocycles. The third kappa shape index (κ3) is 8.60. The molecule has 0 amide bonds. The maximum atomic E-state index is 5.99. The Balaban J connectivity index is 1.35. The van der Waals surface area contributed by atoms with Gasteiger partial charge in [-0.2, -0.15) is 0 Å². The first-order chi connectivity index (χ1) is 14.8. The van der Waals surface area contributed by atoms with Crippen molar-refractivity contribution in [3.8, 4) is 0 Å². The quantitative estimate of drug-likeness (QED) is 0.326. The summed E-state index contributed by atoms with van der Waals surface area (Å²) in [7, 11) is 0. The van der Waals surface area contributed by atoms with Gasteiger partial charge in [0.2, 0.25) is 0 Å². The summed E-state index contributed by atoms with van der Waals surface area (Å²) in [4.78, 5) is 4.70. The first-order valence-corrected chi connectivity index (χ1v) is 11.3. The predicted octanol–water partition coefficient (Wildman–Crippen LogP) is 2.63. The summed E-state index contributed by atoms with van der Waals surface area (Å²) in [6.07, 6.45) is 4.55. The van der Waals surface area contributed by atoms with E-state index >= 15 is 0 Å². The lowest BCUT2D eigenvalue weighted by atomic mass is 10.1. The molecule has 7 heteroatoms. The Morgan fingerprint density at radius 3 is 2.43 bits per heavy atom. The fourth-order valence-corrected chi connectivity index (χ4v) is 3.48.